The number of hydrazone groups is 1. The monoisotopic (exact) mass is 452 g/mol. The van der Waals surface area contributed by atoms with Crippen molar-refractivity contribution >= 4 is 40.7 Å². The molecule has 1 saturated carbocycles. The van der Waals surface area contributed by atoms with Gasteiger partial charge in [0.25, 0.3) is 5.69 Å². The van der Waals surface area contributed by atoms with Crippen LogP contribution in [0.5, 0.6) is 0 Å². The number of carbonyl (C=O) groups is 3. The third-order valence-electron chi connectivity index (χ3n) is 5.17. The molecule has 0 unspecified atom stereocenters. The summed E-state index contributed by atoms with van der Waals surface area (Å²) in [5.41, 5.74) is 1.05. The Balaban J connectivity index is 2.57. The first-order chi connectivity index (χ1) is 15.1. The Hall–Kier alpha value is -4.10. The van der Waals surface area contributed by atoms with E-state index in [0.717, 1.165) is 39.5 Å². The van der Waals surface area contributed by atoms with Crippen LogP contribution in [-0.2, 0) is 28.6 Å². The highest BCUT2D eigenvalue weighted by molar-refractivity contribution is 6.11. The van der Waals surface area contributed by atoms with Crippen molar-refractivity contribution in [3.63, 3.8) is 0 Å². The molecular weight excluding hydrogens is 432 g/mol. The smallest absolute Gasteiger partial charge is 0.315 e. The maximum atomic E-state index is 12.5. The number of rotatable bonds is 7. The standard InChI is InChI=1S/C18H20N4O10/c1-8-12(16(23)30-2)13(17(24)31-3)14(18(25)32-4)15(8)20-19-10-6-5-9(21(26)27)7-11(10)22(28)29/h5-8,12-14,19H,1-4H3/b20-15+/t8-,12-,13+,14-/m1/s1. The van der Waals surface area contributed by atoms with Crippen LogP contribution in [0.1, 0.15) is 6.92 Å². The minimum atomic E-state index is -1.34. The van der Waals surface area contributed by atoms with Crippen molar-refractivity contribution in [2.45, 2.75) is 6.92 Å². The number of nitro benzene ring substituents is 2. The van der Waals surface area contributed by atoms with Gasteiger partial charge >= 0.3 is 23.6 Å². The molecule has 0 spiro atoms. The van der Waals surface area contributed by atoms with Crippen LogP contribution in [0, 0.1) is 43.9 Å². The molecule has 1 aromatic rings. The summed E-state index contributed by atoms with van der Waals surface area (Å²) >= 11 is 0. The van der Waals surface area contributed by atoms with E-state index < -0.39 is 62.8 Å². The van der Waals surface area contributed by atoms with Gasteiger partial charge in [0.05, 0.1) is 54.8 Å². The maximum Gasteiger partial charge on any atom is 0.315 e. The van der Waals surface area contributed by atoms with Gasteiger partial charge in [0.15, 0.2) is 0 Å². The van der Waals surface area contributed by atoms with Crippen molar-refractivity contribution in [3.05, 3.63) is 38.4 Å². The average molecular weight is 452 g/mol. The zero-order valence-electron chi connectivity index (χ0n) is 17.5. The number of benzene rings is 1. The summed E-state index contributed by atoms with van der Waals surface area (Å²) in [6.45, 7) is 1.52. The molecule has 32 heavy (non-hydrogen) atoms. The highest BCUT2D eigenvalue weighted by atomic mass is 16.6. The van der Waals surface area contributed by atoms with Crippen molar-refractivity contribution in [2.75, 3.05) is 26.8 Å². The number of anilines is 1. The number of nitrogens with one attached hydrogen (secondary N) is 1. The van der Waals surface area contributed by atoms with Gasteiger partial charge in [0.2, 0.25) is 0 Å². The second-order valence-corrected chi connectivity index (χ2v) is 6.75. The summed E-state index contributed by atoms with van der Waals surface area (Å²) in [4.78, 5) is 57.9. The molecule has 2 rings (SSSR count). The van der Waals surface area contributed by atoms with E-state index in [1.165, 1.54) is 6.92 Å². The molecule has 0 aromatic heterocycles. The van der Waals surface area contributed by atoms with Crippen molar-refractivity contribution in [3.8, 4) is 0 Å². The molecule has 0 aliphatic heterocycles. The number of nitrogens with zero attached hydrogens (tertiary/aromatic N) is 3. The van der Waals surface area contributed by atoms with Gasteiger partial charge in [-0.2, -0.15) is 5.10 Å². The lowest BCUT2D eigenvalue weighted by Gasteiger charge is -2.19. The highest BCUT2D eigenvalue weighted by Gasteiger charge is 2.57. The SMILES string of the molecule is COC(=O)[C@H]1[C@H](C(=O)OC)[C@@H](C(=O)OC)/C(=N/Nc2ccc([N+](=O)[O-])cc2[N+](=O)[O-])[C@@H]1C. The average Bonchev–Trinajstić information content (AvgIpc) is 3.07. The van der Waals surface area contributed by atoms with Gasteiger partial charge in [0.1, 0.15) is 11.6 Å². The number of esters is 3. The Morgan fingerprint density at radius 2 is 1.50 bits per heavy atom. The minimum absolute atomic E-state index is 0.00435. The van der Waals surface area contributed by atoms with Gasteiger partial charge in [-0.3, -0.25) is 40.0 Å². The lowest BCUT2D eigenvalue weighted by Crippen LogP contribution is -2.36. The van der Waals surface area contributed by atoms with Crippen LogP contribution in [0.15, 0.2) is 23.3 Å². The summed E-state index contributed by atoms with van der Waals surface area (Å²) in [5.74, 6) is -7.12. The van der Waals surface area contributed by atoms with Gasteiger partial charge in [-0.1, -0.05) is 6.92 Å². The van der Waals surface area contributed by atoms with Gasteiger partial charge in [-0.15, -0.1) is 0 Å². The van der Waals surface area contributed by atoms with Crippen LogP contribution in [-0.4, -0.2) is 54.8 Å². The van der Waals surface area contributed by atoms with Gasteiger partial charge in [-0.25, -0.2) is 0 Å². The summed E-state index contributed by atoms with van der Waals surface area (Å²) in [6.07, 6.45) is 0. The Kier molecular flexibility index (Phi) is 7.41. The van der Waals surface area contributed by atoms with Crippen molar-refractivity contribution in [2.24, 2.45) is 28.8 Å². The molecule has 0 amide bonds. The number of methoxy groups -OCH3 is 3. The third-order valence-corrected chi connectivity index (χ3v) is 5.17. The molecule has 1 aliphatic carbocycles. The van der Waals surface area contributed by atoms with E-state index in [1.54, 1.807) is 0 Å². The molecule has 1 N–H and O–H groups in total. The highest BCUT2D eigenvalue weighted by Crippen LogP contribution is 2.42. The number of hydrogen-bond donors (Lipinski definition) is 1. The van der Waals surface area contributed by atoms with E-state index in [0.29, 0.717) is 0 Å². The zero-order valence-corrected chi connectivity index (χ0v) is 17.5. The second kappa shape index (κ2) is 9.80. The predicted molar refractivity (Wildman–Crippen MR) is 106 cm³/mol. The summed E-state index contributed by atoms with van der Waals surface area (Å²) in [6, 6.07) is 2.84. The second-order valence-electron chi connectivity index (χ2n) is 6.75. The predicted octanol–water partition coefficient (Wildman–Crippen LogP) is 1.29. The molecule has 0 saturated heterocycles. The van der Waals surface area contributed by atoms with Crippen LogP contribution in [0.2, 0.25) is 0 Å². The molecule has 0 heterocycles. The number of nitro groups is 2. The summed E-state index contributed by atoms with van der Waals surface area (Å²) in [7, 11) is 3.28. The summed E-state index contributed by atoms with van der Waals surface area (Å²) < 4.78 is 14.3. The Bertz CT molecular complexity index is 992. The fourth-order valence-electron chi connectivity index (χ4n) is 3.64. The lowest BCUT2D eigenvalue weighted by atomic mass is 9.87. The molecule has 0 bridgehead atoms. The van der Waals surface area contributed by atoms with Crippen LogP contribution < -0.4 is 5.43 Å². The first-order valence-electron chi connectivity index (χ1n) is 9.08. The van der Waals surface area contributed by atoms with Gasteiger partial charge < -0.3 is 14.2 Å². The first-order valence-corrected chi connectivity index (χ1v) is 9.08. The van der Waals surface area contributed by atoms with Crippen molar-refractivity contribution in [1.82, 2.24) is 0 Å². The van der Waals surface area contributed by atoms with Crippen LogP contribution >= 0.6 is 0 Å². The number of hydrogen-bond acceptors (Lipinski definition) is 12. The number of non-ortho nitro benzene ring substituents is 1. The minimum Gasteiger partial charge on any atom is -0.469 e. The van der Waals surface area contributed by atoms with E-state index in [4.69, 9.17) is 14.2 Å². The Morgan fingerprint density at radius 3 is 2.00 bits per heavy atom. The first kappa shape index (κ1) is 24.2. The number of ether oxygens (including phenoxy) is 3. The van der Waals surface area contributed by atoms with Gasteiger partial charge in [-0.05, 0) is 6.07 Å². The fraction of sp³-hybridized carbons (Fsp3) is 0.444. The van der Waals surface area contributed by atoms with E-state index in [-0.39, 0.29) is 11.4 Å². The molecule has 14 heteroatoms. The maximum absolute atomic E-state index is 12.5. The van der Waals surface area contributed by atoms with E-state index in [2.05, 4.69) is 10.5 Å². The largest absolute Gasteiger partial charge is 0.469 e. The van der Waals surface area contributed by atoms with Crippen LogP contribution in [0.25, 0.3) is 0 Å². The molecule has 1 fully saturated rings. The topological polar surface area (TPSA) is 190 Å². The Morgan fingerprint density at radius 1 is 0.938 bits per heavy atom. The van der Waals surface area contributed by atoms with Crippen molar-refractivity contribution in [1.29, 1.82) is 0 Å². The Labute approximate surface area is 180 Å². The quantitative estimate of drug-likeness (QED) is 0.271. The third kappa shape index (κ3) is 4.48. The molecule has 0 radical (unpaired) electrons. The number of carbonyl (C=O) groups excluding carboxylic acids is 3. The van der Waals surface area contributed by atoms with E-state index >= 15 is 0 Å². The molecule has 4 atom stereocenters. The molecule has 14 nitrogen and oxygen atoms in total. The normalized spacial score (nSPS) is 23.3. The lowest BCUT2D eigenvalue weighted by molar-refractivity contribution is -0.393. The zero-order chi connectivity index (χ0) is 24.2. The molecule has 1 aromatic carbocycles. The van der Waals surface area contributed by atoms with Gasteiger partial charge in [0, 0.05) is 12.0 Å². The molecular formula is C18H20N4O10. The fourth-order valence-corrected chi connectivity index (χ4v) is 3.64. The van der Waals surface area contributed by atoms with Crippen molar-refractivity contribution < 1.29 is 38.4 Å². The van der Waals surface area contributed by atoms with E-state index in [1.807, 2.05) is 0 Å². The molecule has 1 aliphatic rings. The van der Waals surface area contributed by atoms with Crippen LogP contribution in [0.3, 0.4) is 0 Å². The summed E-state index contributed by atoms with van der Waals surface area (Å²) in [5, 5.41) is 26.3. The molecule has 172 valence electrons. The van der Waals surface area contributed by atoms with Crippen LogP contribution in [0.4, 0.5) is 17.1 Å². The van der Waals surface area contributed by atoms with E-state index in [9.17, 15) is 34.6 Å².